The van der Waals surface area contributed by atoms with Crippen LogP contribution in [-0.2, 0) is 4.79 Å². The van der Waals surface area contributed by atoms with Gasteiger partial charge in [-0.2, -0.15) is 0 Å². The summed E-state index contributed by atoms with van der Waals surface area (Å²) in [6.07, 6.45) is 0. The fraction of sp³-hybridized carbons (Fsp3) is 0.615. The van der Waals surface area contributed by atoms with Gasteiger partial charge in [0.2, 0.25) is 5.91 Å². The average Bonchev–Trinajstić information content (AvgIpc) is 2.34. The fourth-order valence-electron chi connectivity index (χ4n) is 1.68. The molecule has 0 unspecified atom stereocenters. The zero-order chi connectivity index (χ0) is 14.6. The molecule has 106 valence electrons. The highest BCUT2D eigenvalue weighted by Gasteiger charge is 2.17. The molecule has 0 saturated heterocycles. The summed E-state index contributed by atoms with van der Waals surface area (Å²) in [7, 11) is 1.81. The van der Waals surface area contributed by atoms with Crippen molar-refractivity contribution in [2.45, 2.75) is 39.7 Å². The molecule has 0 aliphatic heterocycles. The van der Waals surface area contributed by atoms with E-state index in [4.69, 9.17) is 5.73 Å². The molecule has 0 spiro atoms. The largest absolute Gasteiger partial charge is 0.373 e. The van der Waals surface area contributed by atoms with E-state index in [1.165, 1.54) is 0 Å². The van der Waals surface area contributed by atoms with E-state index in [0.29, 0.717) is 0 Å². The summed E-state index contributed by atoms with van der Waals surface area (Å²) in [6, 6.07) is 1.96. The first kappa shape index (κ1) is 15.2. The highest BCUT2D eigenvalue weighted by molar-refractivity contribution is 5.79. The number of hydrogen-bond donors (Lipinski definition) is 2. The molecular weight excluding hydrogens is 242 g/mol. The molecule has 6 nitrogen and oxygen atoms in total. The van der Waals surface area contributed by atoms with Crippen LogP contribution in [0.1, 0.15) is 39.4 Å². The van der Waals surface area contributed by atoms with Crippen LogP contribution >= 0.6 is 0 Å². The number of rotatable bonds is 6. The quantitative estimate of drug-likeness (QED) is 0.811. The first-order valence-corrected chi connectivity index (χ1v) is 6.46. The molecular formula is C13H23N5O. The minimum atomic E-state index is -0.371. The third-order valence-corrected chi connectivity index (χ3v) is 2.75. The van der Waals surface area contributed by atoms with Crippen LogP contribution in [0.15, 0.2) is 6.07 Å². The first-order chi connectivity index (χ1) is 8.85. The second kappa shape index (κ2) is 6.36. The topological polar surface area (TPSA) is 84.1 Å². The fourth-order valence-corrected chi connectivity index (χ4v) is 1.68. The van der Waals surface area contributed by atoms with Crippen molar-refractivity contribution >= 4 is 17.5 Å². The van der Waals surface area contributed by atoms with Crippen molar-refractivity contribution in [1.82, 2.24) is 9.97 Å². The van der Waals surface area contributed by atoms with Gasteiger partial charge in [-0.3, -0.25) is 4.79 Å². The van der Waals surface area contributed by atoms with Gasteiger partial charge in [-0.1, -0.05) is 13.8 Å². The van der Waals surface area contributed by atoms with Gasteiger partial charge in [0.25, 0.3) is 0 Å². The van der Waals surface area contributed by atoms with Crippen molar-refractivity contribution in [3.63, 3.8) is 0 Å². The number of primary amides is 1. The van der Waals surface area contributed by atoms with Gasteiger partial charge in [-0.15, -0.1) is 0 Å². The van der Waals surface area contributed by atoms with E-state index in [2.05, 4.69) is 15.3 Å². The second-order valence-corrected chi connectivity index (χ2v) is 5.06. The van der Waals surface area contributed by atoms with Crippen molar-refractivity contribution in [3.8, 4) is 0 Å². The van der Waals surface area contributed by atoms with Crippen LogP contribution in [0, 0.1) is 0 Å². The molecule has 3 N–H and O–H groups in total. The molecule has 0 radical (unpaired) electrons. The Morgan fingerprint density at radius 2 is 2.00 bits per heavy atom. The van der Waals surface area contributed by atoms with Crippen LogP contribution in [0.3, 0.4) is 0 Å². The minimum absolute atomic E-state index is 0.132. The normalized spacial score (nSPS) is 10.9. The molecule has 1 aromatic heterocycles. The van der Waals surface area contributed by atoms with E-state index in [1.54, 1.807) is 0 Å². The molecule has 0 bridgehead atoms. The Morgan fingerprint density at radius 3 is 2.42 bits per heavy atom. The van der Waals surface area contributed by atoms with Crippen molar-refractivity contribution in [3.05, 3.63) is 11.9 Å². The van der Waals surface area contributed by atoms with Gasteiger partial charge in [0, 0.05) is 25.1 Å². The molecule has 0 fully saturated rings. The highest BCUT2D eigenvalue weighted by atomic mass is 16.1. The van der Waals surface area contributed by atoms with E-state index < -0.39 is 0 Å². The standard InChI is InChI=1S/C13H23N5O/c1-8(2)13-16-11(15-5)6-12(17-13)18(9(3)4)7-10(14)19/h6,8-9H,7H2,1-5H3,(H2,14,19)(H,15,16,17). The monoisotopic (exact) mass is 265 g/mol. The van der Waals surface area contributed by atoms with E-state index >= 15 is 0 Å². The van der Waals surface area contributed by atoms with Crippen molar-refractivity contribution in [2.24, 2.45) is 5.73 Å². The molecule has 1 heterocycles. The predicted octanol–water partition coefficient (Wildman–Crippen LogP) is 1.34. The maximum Gasteiger partial charge on any atom is 0.237 e. The zero-order valence-electron chi connectivity index (χ0n) is 12.3. The molecule has 1 amide bonds. The van der Waals surface area contributed by atoms with Gasteiger partial charge in [0.15, 0.2) is 0 Å². The minimum Gasteiger partial charge on any atom is -0.373 e. The number of anilines is 2. The number of nitrogens with zero attached hydrogens (tertiary/aromatic N) is 3. The highest BCUT2D eigenvalue weighted by Crippen LogP contribution is 2.21. The van der Waals surface area contributed by atoms with E-state index in [-0.39, 0.29) is 24.4 Å². The number of aromatic nitrogens is 2. The molecule has 6 heteroatoms. The summed E-state index contributed by atoms with van der Waals surface area (Å²) in [5.74, 6) is 2.05. The summed E-state index contributed by atoms with van der Waals surface area (Å²) >= 11 is 0. The number of carbonyl (C=O) groups is 1. The third kappa shape index (κ3) is 4.08. The van der Waals surface area contributed by atoms with Crippen molar-refractivity contribution < 1.29 is 4.79 Å². The number of amides is 1. The molecule has 1 rings (SSSR count). The van der Waals surface area contributed by atoms with Crippen LogP contribution in [0.25, 0.3) is 0 Å². The molecule has 0 aromatic carbocycles. The van der Waals surface area contributed by atoms with Crippen LogP contribution in [-0.4, -0.2) is 35.5 Å². The Kier molecular flexibility index (Phi) is 5.09. The first-order valence-electron chi connectivity index (χ1n) is 6.46. The Labute approximate surface area is 114 Å². The Balaban J connectivity index is 3.21. The van der Waals surface area contributed by atoms with Gasteiger partial charge < -0.3 is 16.0 Å². The van der Waals surface area contributed by atoms with E-state index in [1.807, 2.05) is 45.7 Å². The summed E-state index contributed by atoms with van der Waals surface area (Å²) in [5, 5.41) is 3.02. The number of nitrogens with two attached hydrogens (primary N) is 1. The lowest BCUT2D eigenvalue weighted by atomic mass is 10.2. The molecule has 0 atom stereocenters. The Bertz CT molecular complexity index is 445. The van der Waals surface area contributed by atoms with Gasteiger partial charge in [-0.25, -0.2) is 9.97 Å². The lowest BCUT2D eigenvalue weighted by Crippen LogP contribution is -2.39. The molecule has 0 saturated carbocycles. The van der Waals surface area contributed by atoms with Gasteiger partial charge in [-0.05, 0) is 13.8 Å². The van der Waals surface area contributed by atoms with E-state index in [9.17, 15) is 4.79 Å². The average molecular weight is 265 g/mol. The van der Waals surface area contributed by atoms with Crippen LogP contribution in [0.5, 0.6) is 0 Å². The summed E-state index contributed by atoms with van der Waals surface area (Å²) in [4.78, 5) is 22.0. The summed E-state index contributed by atoms with van der Waals surface area (Å²) in [6.45, 7) is 8.21. The van der Waals surface area contributed by atoms with Gasteiger partial charge in [0.05, 0.1) is 6.54 Å². The Hall–Kier alpha value is -1.85. The smallest absolute Gasteiger partial charge is 0.237 e. The number of carbonyl (C=O) groups excluding carboxylic acids is 1. The van der Waals surface area contributed by atoms with Crippen molar-refractivity contribution in [1.29, 1.82) is 0 Å². The number of nitrogens with one attached hydrogen (secondary N) is 1. The van der Waals surface area contributed by atoms with Crippen molar-refractivity contribution in [2.75, 3.05) is 23.8 Å². The van der Waals surface area contributed by atoms with Gasteiger partial charge in [0.1, 0.15) is 17.5 Å². The molecule has 19 heavy (non-hydrogen) atoms. The molecule has 0 aliphatic rings. The lowest BCUT2D eigenvalue weighted by Gasteiger charge is -2.27. The van der Waals surface area contributed by atoms with E-state index in [0.717, 1.165) is 17.5 Å². The molecule has 0 aliphatic carbocycles. The van der Waals surface area contributed by atoms with Crippen LogP contribution in [0.4, 0.5) is 11.6 Å². The zero-order valence-corrected chi connectivity index (χ0v) is 12.3. The summed E-state index contributed by atoms with van der Waals surface area (Å²) in [5.41, 5.74) is 5.30. The van der Waals surface area contributed by atoms with Crippen LogP contribution < -0.4 is 16.0 Å². The van der Waals surface area contributed by atoms with Gasteiger partial charge >= 0.3 is 0 Å². The number of hydrogen-bond acceptors (Lipinski definition) is 5. The lowest BCUT2D eigenvalue weighted by molar-refractivity contribution is -0.116. The van der Waals surface area contributed by atoms with Crippen LogP contribution in [0.2, 0.25) is 0 Å². The Morgan fingerprint density at radius 1 is 1.37 bits per heavy atom. The predicted molar refractivity (Wildman–Crippen MR) is 77.3 cm³/mol. The maximum atomic E-state index is 11.2. The molecule has 1 aromatic rings. The maximum absolute atomic E-state index is 11.2. The third-order valence-electron chi connectivity index (χ3n) is 2.75. The second-order valence-electron chi connectivity index (χ2n) is 5.06. The SMILES string of the molecule is CNc1cc(N(CC(N)=O)C(C)C)nc(C(C)C)n1. The summed E-state index contributed by atoms with van der Waals surface area (Å²) < 4.78 is 0.